The minimum absolute atomic E-state index is 0.00220. The van der Waals surface area contributed by atoms with Crippen molar-refractivity contribution in [3.8, 4) is 0 Å². The molecular formula is C11H17N3O. The van der Waals surface area contributed by atoms with Crippen LogP contribution in [0.4, 0.5) is 0 Å². The average Bonchev–Trinajstić information content (AvgIpc) is 2.66. The molecule has 1 atom stereocenters. The van der Waals surface area contributed by atoms with Gasteiger partial charge in [-0.1, -0.05) is 6.92 Å². The van der Waals surface area contributed by atoms with Crippen LogP contribution in [-0.4, -0.2) is 9.97 Å². The molecule has 1 aromatic heterocycles. The second-order valence-corrected chi connectivity index (χ2v) is 4.46. The summed E-state index contributed by atoms with van der Waals surface area (Å²) < 4.78 is 0. The van der Waals surface area contributed by atoms with Crippen LogP contribution in [0.3, 0.4) is 0 Å². The summed E-state index contributed by atoms with van der Waals surface area (Å²) in [6, 6.07) is 0. The van der Waals surface area contributed by atoms with Gasteiger partial charge in [0.1, 0.15) is 5.82 Å². The number of nitrogens with one attached hydrogen (secondary N) is 1. The van der Waals surface area contributed by atoms with E-state index < -0.39 is 5.54 Å². The van der Waals surface area contributed by atoms with Crippen molar-refractivity contribution in [3.63, 3.8) is 0 Å². The molecule has 0 amide bonds. The van der Waals surface area contributed by atoms with Crippen molar-refractivity contribution in [1.82, 2.24) is 9.97 Å². The Labute approximate surface area is 88.9 Å². The fourth-order valence-corrected chi connectivity index (χ4v) is 1.88. The maximum absolute atomic E-state index is 11.7. The minimum atomic E-state index is -0.531. The monoisotopic (exact) mass is 207 g/mol. The fraction of sp³-hybridized carbons (Fsp3) is 0.636. The van der Waals surface area contributed by atoms with Gasteiger partial charge in [0.25, 0.3) is 5.56 Å². The topological polar surface area (TPSA) is 71.8 Å². The van der Waals surface area contributed by atoms with Gasteiger partial charge in [-0.25, -0.2) is 4.98 Å². The van der Waals surface area contributed by atoms with Crippen LogP contribution in [-0.2, 0) is 18.4 Å². The number of rotatable bonds is 2. The van der Waals surface area contributed by atoms with Crippen LogP contribution < -0.4 is 11.3 Å². The first-order valence-corrected chi connectivity index (χ1v) is 5.46. The molecule has 0 bridgehead atoms. The summed E-state index contributed by atoms with van der Waals surface area (Å²) in [5.41, 5.74) is 7.33. The van der Waals surface area contributed by atoms with E-state index in [0.29, 0.717) is 5.82 Å². The standard InChI is InChI=1S/C11H17N3O/c1-3-11(2,12)10-13-8-6-4-5-7(8)9(15)14-10/h3-6,12H2,1-2H3,(H,13,14,15)/t11-/m0/s1. The predicted octanol–water partition coefficient (Wildman–Crippen LogP) is 0.843. The summed E-state index contributed by atoms with van der Waals surface area (Å²) in [6.07, 6.45) is 3.55. The minimum Gasteiger partial charge on any atom is -0.319 e. The lowest BCUT2D eigenvalue weighted by molar-refractivity contribution is 0.442. The van der Waals surface area contributed by atoms with E-state index in [9.17, 15) is 4.79 Å². The summed E-state index contributed by atoms with van der Waals surface area (Å²) in [6.45, 7) is 3.89. The van der Waals surface area contributed by atoms with E-state index in [1.165, 1.54) is 0 Å². The molecule has 0 aliphatic heterocycles. The van der Waals surface area contributed by atoms with E-state index in [2.05, 4.69) is 9.97 Å². The van der Waals surface area contributed by atoms with Crippen molar-refractivity contribution in [2.24, 2.45) is 5.73 Å². The van der Waals surface area contributed by atoms with E-state index >= 15 is 0 Å². The van der Waals surface area contributed by atoms with Gasteiger partial charge in [-0.05, 0) is 32.6 Å². The lowest BCUT2D eigenvalue weighted by atomic mass is 9.99. The largest absolute Gasteiger partial charge is 0.319 e. The van der Waals surface area contributed by atoms with Crippen molar-refractivity contribution >= 4 is 0 Å². The Morgan fingerprint density at radius 2 is 2.27 bits per heavy atom. The summed E-state index contributed by atoms with van der Waals surface area (Å²) in [7, 11) is 0. The van der Waals surface area contributed by atoms with E-state index in [1.54, 1.807) is 0 Å². The number of hydrogen-bond acceptors (Lipinski definition) is 3. The molecule has 1 heterocycles. The second-order valence-electron chi connectivity index (χ2n) is 4.46. The number of aryl methyl sites for hydroxylation is 1. The molecule has 0 radical (unpaired) electrons. The Balaban J connectivity index is 2.53. The summed E-state index contributed by atoms with van der Waals surface area (Å²) in [4.78, 5) is 19.0. The quantitative estimate of drug-likeness (QED) is 0.755. The Morgan fingerprint density at radius 1 is 1.53 bits per heavy atom. The van der Waals surface area contributed by atoms with Gasteiger partial charge >= 0.3 is 0 Å². The van der Waals surface area contributed by atoms with Crippen molar-refractivity contribution in [2.45, 2.75) is 45.1 Å². The van der Waals surface area contributed by atoms with Crippen LogP contribution in [0.25, 0.3) is 0 Å². The van der Waals surface area contributed by atoms with E-state index in [4.69, 9.17) is 5.73 Å². The lowest BCUT2D eigenvalue weighted by Crippen LogP contribution is -2.37. The number of nitrogens with zero attached hydrogens (tertiary/aromatic N) is 1. The summed E-state index contributed by atoms with van der Waals surface area (Å²) in [5, 5.41) is 0. The van der Waals surface area contributed by atoms with Crippen LogP contribution in [0.15, 0.2) is 4.79 Å². The molecule has 3 N–H and O–H groups in total. The molecular weight excluding hydrogens is 190 g/mol. The van der Waals surface area contributed by atoms with Crippen molar-refractivity contribution in [3.05, 3.63) is 27.4 Å². The maximum atomic E-state index is 11.7. The van der Waals surface area contributed by atoms with Crippen molar-refractivity contribution in [1.29, 1.82) is 0 Å². The molecule has 4 heteroatoms. The molecule has 82 valence electrons. The molecule has 0 fully saturated rings. The Bertz CT molecular complexity index is 434. The van der Waals surface area contributed by atoms with Crippen molar-refractivity contribution < 1.29 is 0 Å². The van der Waals surface area contributed by atoms with Crippen LogP contribution in [0.5, 0.6) is 0 Å². The van der Waals surface area contributed by atoms with Crippen molar-refractivity contribution in [2.75, 3.05) is 0 Å². The van der Waals surface area contributed by atoms with Gasteiger partial charge in [0, 0.05) is 5.56 Å². The van der Waals surface area contributed by atoms with E-state index in [1.807, 2.05) is 13.8 Å². The zero-order valence-corrected chi connectivity index (χ0v) is 9.26. The van der Waals surface area contributed by atoms with Crippen LogP contribution >= 0.6 is 0 Å². The highest BCUT2D eigenvalue weighted by Crippen LogP contribution is 2.20. The molecule has 4 nitrogen and oxygen atoms in total. The highest BCUT2D eigenvalue weighted by molar-refractivity contribution is 5.24. The number of H-pyrrole nitrogens is 1. The SMILES string of the molecule is CC[C@](C)(N)c1nc2c(c(=O)[nH]1)CCC2. The Morgan fingerprint density at radius 3 is 2.93 bits per heavy atom. The number of nitrogens with two attached hydrogens (primary N) is 1. The Hall–Kier alpha value is -1.16. The molecule has 0 saturated heterocycles. The third-order valence-corrected chi connectivity index (χ3v) is 3.22. The highest BCUT2D eigenvalue weighted by Gasteiger charge is 2.25. The van der Waals surface area contributed by atoms with Gasteiger partial charge < -0.3 is 10.7 Å². The van der Waals surface area contributed by atoms with E-state index in [0.717, 1.165) is 36.9 Å². The number of aromatic nitrogens is 2. The molecule has 0 saturated carbocycles. The second kappa shape index (κ2) is 3.45. The zero-order chi connectivity index (χ0) is 11.1. The van der Waals surface area contributed by atoms with Gasteiger partial charge in [0.15, 0.2) is 0 Å². The van der Waals surface area contributed by atoms with Gasteiger partial charge in [-0.2, -0.15) is 0 Å². The summed E-state index contributed by atoms with van der Waals surface area (Å²) in [5.74, 6) is 0.621. The molecule has 0 spiro atoms. The highest BCUT2D eigenvalue weighted by atomic mass is 16.1. The van der Waals surface area contributed by atoms with Gasteiger partial charge in [-0.3, -0.25) is 4.79 Å². The number of hydrogen-bond donors (Lipinski definition) is 2. The molecule has 1 aliphatic rings. The number of fused-ring (bicyclic) bond motifs is 1. The van der Waals surface area contributed by atoms with Crippen LogP contribution in [0, 0.1) is 0 Å². The first kappa shape index (κ1) is 10.4. The molecule has 2 rings (SSSR count). The summed E-state index contributed by atoms with van der Waals surface area (Å²) >= 11 is 0. The smallest absolute Gasteiger partial charge is 0.254 e. The Kier molecular flexibility index (Phi) is 2.38. The lowest BCUT2D eigenvalue weighted by Gasteiger charge is -2.21. The zero-order valence-electron chi connectivity index (χ0n) is 9.26. The third kappa shape index (κ3) is 1.69. The third-order valence-electron chi connectivity index (χ3n) is 3.22. The maximum Gasteiger partial charge on any atom is 0.254 e. The molecule has 1 aromatic rings. The molecule has 1 aliphatic carbocycles. The number of aromatic amines is 1. The van der Waals surface area contributed by atoms with Gasteiger partial charge in [0.2, 0.25) is 0 Å². The predicted molar refractivity (Wildman–Crippen MR) is 58.7 cm³/mol. The normalized spacial score (nSPS) is 18.6. The molecule has 0 unspecified atom stereocenters. The molecule has 15 heavy (non-hydrogen) atoms. The average molecular weight is 207 g/mol. The first-order valence-electron chi connectivity index (χ1n) is 5.46. The van der Waals surface area contributed by atoms with Gasteiger partial charge in [0.05, 0.1) is 11.2 Å². The first-order chi connectivity index (χ1) is 7.04. The van der Waals surface area contributed by atoms with E-state index in [-0.39, 0.29) is 5.56 Å². The fourth-order valence-electron chi connectivity index (χ4n) is 1.88. The molecule has 0 aromatic carbocycles. The van der Waals surface area contributed by atoms with Crippen LogP contribution in [0.2, 0.25) is 0 Å². The van der Waals surface area contributed by atoms with Gasteiger partial charge in [-0.15, -0.1) is 0 Å². The van der Waals surface area contributed by atoms with Crippen LogP contribution in [0.1, 0.15) is 43.8 Å².